The number of benzene rings is 1. The van der Waals surface area contributed by atoms with Crippen molar-refractivity contribution in [3.8, 4) is 5.75 Å². The molecule has 108 valence electrons. The van der Waals surface area contributed by atoms with Crippen molar-refractivity contribution in [3.05, 3.63) is 29.8 Å². The van der Waals surface area contributed by atoms with E-state index in [0.717, 1.165) is 5.56 Å². The van der Waals surface area contributed by atoms with Crippen LogP contribution in [0.2, 0.25) is 0 Å². The maximum absolute atomic E-state index is 11.4. The van der Waals surface area contributed by atoms with Gasteiger partial charge < -0.3 is 21.5 Å². The molecule has 0 saturated carbocycles. The normalized spacial score (nSPS) is 9.80. The predicted octanol–water partition coefficient (Wildman–Crippen LogP) is 0.0813. The van der Waals surface area contributed by atoms with E-state index in [0.29, 0.717) is 23.7 Å². The summed E-state index contributed by atoms with van der Waals surface area (Å²) in [5.74, 6) is -0.0846. The van der Waals surface area contributed by atoms with Gasteiger partial charge in [0.15, 0.2) is 6.61 Å². The summed E-state index contributed by atoms with van der Waals surface area (Å²) < 4.78 is 5.29. The second-order valence-electron chi connectivity index (χ2n) is 4.10. The summed E-state index contributed by atoms with van der Waals surface area (Å²) in [5.41, 5.74) is 11.2. The van der Waals surface area contributed by atoms with Crippen LogP contribution >= 0.6 is 12.2 Å². The number of thiocarbonyl (C=S) groups is 1. The summed E-state index contributed by atoms with van der Waals surface area (Å²) >= 11 is 4.83. The average molecular weight is 295 g/mol. The zero-order valence-corrected chi connectivity index (χ0v) is 11.7. The van der Waals surface area contributed by atoms with E-state index >= 15 is 0 Å². The Morgan fingerprint density at radius 2 is 1.85 bits per heavy atom. The molecule has 0 heterocycles. The molecule has 0 aliphatic heterocycles. The van der Waals surface area contributed by atoms with Gasteiger partial charge in [-0.1, -0.05) is 12.2 Å². The van der Waals surface area contributed by atoms with Gasteiger partial charge in [-0.05, 0) is 30.7 Å². The number of amides is 2. The lowest BCUT2D eigenvalue weighted by Crippen LogP contribution is -2.30. The third-order valence-electron chi connectivity index (χ3n) is 2.43. The van der Waals surface area contributed by atoms with Gasteiger partial charge in [0.1, 0.15) is 10.7 Å². The highest BCUT2D eigenvalue weighted by Gasteiger charge is 2.03. The van der Waals surface area contributed by atoms with Crippen LogP contribution in [0.25, 0.3) is 0 Å². The molecule has 0 atom stereocenters. The van der Waals surface area contributed by atoms with E-state index in [1.165, 1.54) is 0 Å². The number of ether oxygens (including phenoxy) is 1. The van der Waals surface area contributed by atoms with Crippen molar-refractivity contribution in [2.45, 2.75) is 12.8 Å². The van der Waals surface area contributed by atoms with Crippen LogP contribution in [0.3, 0.4) is 0 Å². The molecule has 1 rings (SSSR count). The van der Waals surface area contributed by atoms with Crippen LogP contribution in [0.15, 0.2) is 24.3 Å². The molecular formula is C13H17N3O3S. The Hall–Kier alpha value is -2.15. The first-order valence-corrected chi connectivity index (χ1v) is 6.47. The van der Waals surface area contributed by atoms with Crippen molar-refractivity contribution in [3.63, 3.8) is 0 Å². The number of carbonyl (C=O) groups excluding carboxylic acids is 2. The van der Waals surface area contributed by atoms with E-state index in [4.69, 9.17) is 28.4 Å². The van der Waals surface area contributed by atoms with E-state index in [9.17, 15) is 9.59 Å². The number of rotatable bonds is 8. The number of hydrogen-bond acceptors (Lipinski definition) is 4. The van der Waals surface area contributed by atoms with Crippen molar-refractivity contribution >= 4 is 29.0 Å². The van der Waals surface area contributed by atoms with Gasteiger partial charge in [-0.15, -0.1) is 0 Å². The van der Waals surface area contributed by atoms with Gasteiger partial charge in [-0.25, -0.2) is 0 Å². The van der Waals surface area contributed by atoms with Crippen molar-refractivity contribution in [1.29, 1.82) is 0 Å². The van der Waals surface area contributed by atoms with Crippen LogP contribution in [0.5, 0.6) is 5.75 Å². The largest absolute Gasteiger partial charge is 0.484 e. The molecule has 7 heteroatoms. The first kappa shape index (κ1) is 15.9. The minimum atomic E-state index is -0.381. The van der Waals surface area contributed by atoms with Crippen LogP contribution in [0, 0.1) is 0 Å². The van der Waals surface area contributed by atoms with Gasteiger partial charge in [0, 0.05) is 18.5 Å². The number of carbonyl (C=O) groups is 2. The van der Waals surface area contributed by atoms with Gasteiger partial charge >= 0.3 is 0 Å². The molecule has 0 saturated heterocycles. The van der Waals surface area contributed by atoms with E-state index in [1.807, 2.05) is 0 Å². The van der Waals surface area contributed by atoms with Crippen molar-refractivity contribution < 1.29 is 14.3 Å². The molecule has 0 unspecified atom stereocenters. The van der Waals surface area contributed by atoms with E-state index in [2.05, 4.69) is 5.32 Å². The SMILES string of the molecule is NC(=O)CCCNC(=O)COc1ccc(C(N)=S)cc1. The molecule has 0 aliphatic carbocycles. The molecule has 5 N–H and O–H groups in total. The van der Waals surface area contributed by atoms with Gasteiger partial charge in [-0.2, -0.15) is 0 Å². The lowest BCUT2D eigenvalue weighted by Gasteiger charge is -2.07. The Morgan fingerprint density at radius 3 is 2.40 bits per heavy atom. The Balaban J connectivity index is 2.26. The Bertz CT molecular complexity index is 488. The highest BCUT2D eigenvalue weighted by molar-refractivity contribution is 7.80. The lowest BCUT2D eigenvalue weighted by atomic mass is 10.2. The van der Waals surface area contributed by atoms with Crippen LogP contribution in [-0.2, 0) is 9.59 Å². The summed E-state index contributed by atoms with van der Waals surface area (Å²) in [4.78, 5) is 22.2. The summed E-state index contributed by atoms with van der Waals surface area (Å²) in [6.45, 7) is 0.300. The minimum absolute atomic E-state index is 0.0943. The van der Waals surface area contributed by atoms with Crippen LogP contribution in [0.4, 0.5) is 0 Å². The summed E-state index contributed by atoms with van der Waals surface area (Å²) in [6.07, 6.45) is 0.769. The zero-order valence-electron chi connectivity index (χ0n) is 10.9. The molecule has 20 heavy (non-hydrogen) atoms. The topological polar surface area (TPSA) is 107 Å². The summed E-state index contributed by atoms with van der Waals surface area (Å²) in [7, 11) is 0. The number of nitrogens with two attached hydrogens (primary N) is 2. The van der Waals surface area contributed by atoms with Crippen LogP contribution in [-0.4, -0.2) is 30.0 Å². The van der Waals surface area contributed by atoms with Gasteiger partial charge in [0.2, 0.25) is 5.91 Å². The molecule has 0 fully saturated rings. The first-order valence-electron chi connectivity index (χ1n) is 6.06. The number of primary amides is 1. The highest BCUT2D eigenvalue weighted by atomic mass is 32.1. The fourth-order valence-corrected chi connectivity index (χ4v) is 1.54. The van der Waals surface area contributed by atoms with E-state index < -0.39 is 0 Å². The molecule has 2 amide bonds. The van der Waals surface area contributed by atoms with Crippen LogP contribution < -0.4 is 21.5 Å². The average Bonchev–Trinajstić information content (AvgIpc) is 2.41. The molecule has 1 aromatic carbocycles. The monoisotopic (exact) mass is 295 g/mol. The minimum Gasteiger partial charge on any atom is -0.484 e. The van der Waals surface area contributed by atoms with E-state index in [-0.39, 0.29) is 24.8 Å². The smallest absolute Gasteiger partial charge is 0.257 e. The molecular weight excluding hydrogens is 278 g/mol. The summed E-state index contributed by atoms with van der Waals surface area (Å²) in [6, 6.07) is 6.83. The van der Waals surface area contributed by atoms with Crippen molar-refractivity contribution in [2.24, 2.45) is 11.5 Å². The second-order valence-corrected chi connectivity index (χ2v) is 4.54. The highest BCUT2D eigenvalue weighted by Crippen LogP contribution is 2.11. The molecule has 0 bridgehead atoms. The maximum atomic E-state index is 11.4. The van der Waals surface area contributed by atoms with Gasteiger partial charge in [0.25, 0.3) is 5.91 Å². The third kappa shape index (κ3) is 6.14. The maximum Gasteiger partial charge on any atom is 0.257 e. The van der Waals surface area contributed by atoms with E-state index in [1.54, 1.807) is 24.3 Å². The molecule has 0 aliphatic rings. The Labute approximate surface area is 122 Å². The Kier molecular flexibility index (Phi) is 6.45. The third-order valence-corrected chi connectivity index (χ3v) is 2.67. The molecule has 0 aromatic heterocycles. The quantitative estimate of drug-likeness (QED) is 0.465. The fourth-order valence-electron chi connectivity index (χ4n) is 1.41. The zero-order chi connectivity index (χ0) is 15.0. The standard InChI is InChI=1S/C13H17N3O3S/c14-11(17)2-1-7-16-12(18)8-19-10-5-3-9(4-6-10)13(15)20/h3-6H,1-2,7-8H2,(H2,14,17)(H2,15,20)(H,16,18). The number of nitrogens with one attached hydrogen (secondary N) is 1. The van der Waals surface area contributed by atoms with Crippen molar-refractivity contribution in [1.82, 2.24) is 5.32 Å². The first-order chi connectivity index (χ1) is 9.49. The molecule has 0 radical (unpaired) electrons. The van der Waals surface area contributed by atoms with Gasteiger partial charge in [-0.3, -0.25) is 9.59 Å². The Morgan fingerprint density at radius 1 is 1.20 bits per heavy atom. The molecule has 0 spiro atoms. The van der Waals surface area contributed by atoms with Crippen LogP contribution in [0.1, 0.15) is 18.4 Å². The van der Waals surface area contributed by atoms with Crippen molar-refractivity contribution in [2.75, 3.05) is 13.2 Å². The molecule has 6 nitrogen and oxygen atoms in total. The summed E-state index contributed by atoms with van der Waals surface area (Å²) in [5, 5.41) is 2.63. The fraction of sp³-hybridized carbons (Fsp3) is 0.308. The van der Waals surface area contributed by atoms with Gasteiger partial charge in [0.05, 0.1) is 0 Å². The second kappa shape index (κ2) is 8.11. The lowest BCUT2D eigenvalue weighted by molar-refractivity contribution is -0.123. The predicted molar refractivity (Wildman–Crippen MR) is 79.3 cm³/mol. The number of hydrogen-bond donors (Lipinski definition) is 3. The molecule has 1 aromatic rings.